The van der Waals surface area contributed by atoms with Crippen LogP contribution in [0.4, 0.5) is 0 Å². The van der Waals surface area contributed by atoms with E-state index < -0.39 is 8.32 Å². The molecule has 0 N–H and O–H groups in total. The summed E-state index contributed by atoms with van der Waals surface area (Å²) in [6, 6.07) is 10.5. The molecule has 5 heteroatoms. The largest absolute Gasteiger partial charge is 0.463 e. The first-order valence-corrected chi connectivity index (χ1v) is 11.5. The molecule has 0 saturated carbocycles. The molecule has 1 aromatic carbocycles. The molecule has 1 aromatic rings. The van der Waals surface area contributed by atoms with Gasteiger partial charge in [0.15, 0.2) is 0 Å². The van der Waals surface area contributed by atoms with Crippen molar-refractivity contribution in [3.8, 4) is 0 Å². The van der Waals surface area contributed by atoms with Gasteiger partial charge in [-0.25, -0.2) is 0 Å². The molecule has 0 bridgehead atoms. The maximum atomic E-state index is 6.51. The zero-order chi connectivity index (χ0) is 17.5. The minimum absolute atomic E-state index is 0.0755. The Morgan fingerprint density at radius 2 is 1.43 bits per heavy atom. The van der Waals surface area contributed by atoms with Crippen molar-refractivity contribution in [1.29, 1.82) is 0 Å². The van der Waals surface area contributed by atoms with Crippen LogP contribution in [0.25, 0.3) is 0 Å². The van der Waals surface area contributed by atoms with Crippen LogP contribution in [-0.2, 0) is 13.7 Å². The number of benzene rings is 1. The van der Waals surface area contributed by atoms with Crippen molar-refractivity contribution >= 4 is 20.6 Å². The number of rotatable bonds is 5. The molecule has 128 valence electrons. The van der Waals surface area contributed by atoms with Gasteiger partial charge in [0.2, 0.25) is 8.32 Å². The second-order valence-electron chi connectivity index (χ2n) is 8.18. The standard InChI is InChI=1S/C18H31BO3Si/c1-14(19-21-17(3,4)18(5,6)22-19)15(2)20-23(7,8)16-12-10-9-11-13-16/h9-15H,1-8H3. The van der Waals surface area contributed by atoms with Gasteiger partial charge < -0.3 is 13.7 Å². The molecule has 1 aliphatic rings. The molecular weight excluding hydrogens is 303 g/mol. The lowest BCUT2D eigenvalue weighted by molar-refractivity contribution is 0.00578. The summed E-state index contributed by atoms with van der Waals surface area (Å²) in [6.45, 7) is 17.1. The quantitative estimate of drug-likeness (QED) is 0.762. The fraction of sp³-hybridized carbons (Fsp3) is 0.667. The van der Waals surface area contributed by atoms with Crippen molar-refractivity contribution in [2.24, 2.45) is 0 Å². The van der Waals surface area contributed by atoms with E-state index in [1.165, 1.54) is 5.19 Å². The van der Waals surface area contributed by atoms with Crippen molar-refractivity contribution < 1.29 is 13.7 Å². The summed E-state index contributed by atoms with van der Waals surface area (Å²) < 4.78 is 18.9. The molecule has 23 heavy (non-hydrogen) atoms. The summed E-state index contributed by atoms with van der Waals surface area (Å²) in [4.78, 5) is 0. The van der Waals surface area contributed by atoms with Gasteiger partial charge in [-0.05, 0) is 52.9 Å². The molecule has 0 aliphatic carbocycles. The average Bonchev–Trinajstić information content (AvgIpc) is 2.67. The van der Waals surface area contributed by atoms with Gasteiger partial charge in [0.25, 0.3) is 0 Å². The predicted octanol–water partition coefficient (Wildman–Crippen LogP) is 3.99. The van der Waals surface area contributed by atoms with E-state index in [-0.39, 0.29) is 30.2 Å². The zero-order valence-corrected chi connectivity index (χ0v) is 16.8. The number of hydrogen-bond donors (Lipinski definition) is 0. The molecule has 0 aromatic heterocycles. The Morgan fingerprint density at radius 3 is 1.91 bits per heavy atom. The molecule has 1 heterocycles. The summed E-state index contributed by atoms with van der Waals surface area (Å²) in [6.07, 6.45) is 0.0755. The SMILES string of the molecule is CC(O[Si](C)(C)c1ccccc1)C(C)B1OC(C)(C)C(C)(C)O1. The van der Waals surface area contributed by atoms with Crippen LogP contribution >= 0.6 is 0 Å². The lowest BCUT2D eigenvalue weighted by Gasteiger charge is -2.32. The monoisotopic (exact) mass is 334 g/mol. The van der Waals surface area contributed by atoms with Crippen molar-refractivity contribution in [2.45, 2.75) is 77.8 Å². The van der Waals surface area contributed by atoms with E-state index in [4.69, 9.17) is 13.7 Å². The van der Waals surface area contributed by atoms with Gasteiger partial charge in [-0.3, -0.25) is 0 Å². The van der Waals surface area contributed by atoms with Gasteiger partial charge in [-0.1, -0.05) is 37.3 Å². The highest BCUT2D eigenvalue weighted by Gasteiger charge is 2.54. The fourth-order valence-electron chi connectivity index (χ4n) is 2.80. The Morgan fingerprint density at radius 1 is 0.957 bits per heavy atom. The van der Waals surface area contributed by atoms with E-state index in [1.807, 2.05) is 6.07 Å². The van der Waals surface area contributed by atoms with Crippen LogP contribution < -0.4 is 5.19 Å². The van der Waals surface area contributed by atoms with Gasteiger partial charge >= 0.3 is 7.12 Å². The van der Waals surface area contributed by atoms with Crippen LogP contribution in [0, 0.1) is 0 Å². The van der Waals surface area contributed by atoms with Crippen LogP contribution in [0.3, 0.4) is 0 Å². The minimum Gasteiger partial charge on any atom is -0.411 e. The number of hydrogen-bond acceptors (Lipinski definition) is 3. The Bertz CT molecular complexity index is 514. The molecule has 1 fully saturated rings. The van der Waals surface area contributed by atoms with Gasteiger partial charge in [0.05, 0.1) is 11.2 Å². The second-order valence-corrected chi connectivity index (χ2v) is 12.0. The van der Waals surface area contributed by atoms with Crippen molar-refractivity contribution in [3.63, 3.8) is 0 Å². The molecule has 2 rings (SSSR count). The first kappa shape index (κ1) is 18.7. The Balaban J connectivity index is 2.05. The highest BCUT2D eigenvalue weighted by atomic mass is 28.4. The summed E-state index contributed by atoms with van der Waals surface area (Å²) in [5.74, 6) is 0.173. The molecule has 0 radical (unpaired) electrons. The maximum Gasteiger partial charge on any atom is 0.463 e. The highest BCUT2D eigenvalue weighted by Crippen LogP contribution is 2.41. The molecule has 2 atom stereocenters. The smallest absolute Gasteiger partial charge is 0.411 e. The Hall–Kier alpha value is -0.618. The van der Waals surface area contributed by atoms with Crippen LogP contribution in [0.15, 0.2) is 30.3 Å². The van der Waals surface area contributed by atoms with E-state index >= 15 is 0 Å². The van der Waals surface area contributed by atoms with Crippen LogP contribution in [0.5, 0.6) is 0 Å². The van der Waals surface area contributed by atoms with E-state index in [2.05, 4.69) is 78.9 Å². The van der Waals surface area contributed by atoms with E-state index in [0.717, 1.165) is 0 Å². The first-order chi connectivity index (χ1) is 10.5. The van der Waals surface area contributed by atoms with Crippen molar-refractivity contribution in [2.75, 3.05) is 0 Å². The summed E-state index contributed by atoms with van der Waals surface area (Å²) >= 11 is 0. The summed E-state index contributed by atoms with van der Waals surface area (Å²) in [5.41, 5.74) is -0.587. The fourth-order valence-corrected chi connectivity index (χ4v) is 5.08. The van der Waals surface area contributed by atoms with Crippen LogP contribution in [0.1, 0.15) is 41.5 Å². The lowest BCUT2D eigenvalue weighted by Crippen LogP contribution is -2.48. The first-order valence-electron chi connectivity index (χ1n) is 8.55. The van der Waals surface area contributed by atoms with E-state index in [0.29, 0.717) is 0 Å². The zero-order valence-electron chi connectivity index (χ0n) is 15.8. The minimum atomic E-state index is -1.94. The third-order valence-corrected chi connectivity index (χ3v) is 8.08. The summed E-state index contributed by atoms with van der Waals surface area (Å²) in [7, 11) is -2.17. The maximum absolute atomic E-state index is 6.51. The van der Waals surface area contributed by atoms with Gasteiger partial charge in [0, 0.05) is 11.9 Å². The second kappa shape index (κ2) is 6.36. The van der Waals surface area contributed by atoms with Crippen molar-refractivity contribution in [3.05, 3.63) is 30.3 Å². The normalized spacial score (nSPS) is 22.9. The van der Waals surface area contributed by atoms with E-state index in [1.54, 1.807) is 0 Å². The van der Waals surface area contributed by atoms with Crippen LogP contribution in [0.2, 0.25) is 18.9 Å². The third-order valence-electron chi connectivity index (χ3n) is 5.39. The lowest BCUT2D eigenvalue weighted by atomic mass is 9.70. The van der Waals surface area contributed by atoms with Gasteiger partial charge in [-0.2, -0.15) is 0 Å². The molecule has 2 unspecified atom stereocenters. The summed E-state index contributed by atoms with van der Waals surface area (Å²) in [5, 5.41) is 1.31. The predicted molar refractivity (Wildman–Crippen MR) is 99.6 cm³/mol. The molecular formula is C18H31BO3Si. The van der Waals surface area contributed by atoms with E-state index in [9.17, 15) is 0 Å². The molecule has 3 nitrogen and oxygen atoms in total. The van der Waals surface area contributed by atoms with Gasteiger partial charge in [0.1, 0.15) is 0 Å². The van der Waals surface area contributed by atoms with Gasteiger partial charge in [-0.15, -0.1) is 0 Å². The third kappa shape index (κ3) is 3.90. The Labute approximate surface area is 143 Å². The van der Waals surface area contributed by atoms with Crippen LogP contribution in [-0.4, -0.2) is 32.7 Å². The molecule has 0 amide bonds. The molecule has 1 aliphatic heterocycles. The molecule has 0 spiro atoms. The highest BCUT2D eigenvalue weighted by molar-refractivity contribution is 6.84. The average molecular weight is 334 g/mol. The van der Waals surface area contributed by atoms with Crippen molar-refractivity contribution in [1.82, 2.24) is 0 Å². The Kier molecular flexibility index (Phi) is 5.17. The molecule has 1 saturated heterocycles. The topological polar surface area (TPSA) is 27.7 Å².